The number of ketones is 1. The van der Waals surface area contributed by atoms with Crippen LogP contribution in [0.3, 0.4) is 0 Å². The number of rotatable bonds is 4. The van der Waals surface area contributed by atoms with E-state index in [0.717, 1.165) is 16.8 Å². The number of hydrogen-bond acceptors (Lipinski definition) is 3. The Labute approximate surface area is 154 Å². The second-order valence-electron chi connectivity index (χ2n) is 6.97. The van der Waals surface area contributed by atoms with Gasteiger partial charge in [-0.05, 0) is 26.7 Å². The third-order valence-corrected chi connectivity index (χ3v) is 5.29. The van der Waals surface area contributed by atoms with Crippen molar-refractivity contribution in [3.05, 3.63) is 53.3 Å². The van der Waals surface area contributed by atoms with Crippen molar-refractivity contribution in [2.24, 2.45) is 13.0 Å². The number of carbonyl (C=O) groups is 2. The minimum Gasteiger partial charge on any atom is -0.331 e. The molecule has 0 bridgehead atoms. The summed E-state index contributed by atoms with van der Waals surface area (Å²) in [6.07, 6.45) is 3.22. The van der Waals surface area contributed by atoms with Gasteiger partial charge in [0.15, 0.2) is 5.78 Å². The number of benzene rings is 1. The van der Waals surface area contributed by atoms with Gasteiger partial charge in [-0.15, -0.1) is 0 Å². The SMILES string of the molecule is Cc1c([C@@H](C)NC(=O)N2CCC(C(=O)c3ccccc3)CC2)cnn1C. The highest BCUT2D eigenvalue weighted by Crippen LogP contribution is 2.23. The molecule has 6 heteroatoms. The lowest BCUT2D eigenvalue weighted by Crippen LogP contribution is -2.46. The van der Waals surface area contributed by atoms with Crippen LogP contribution in [0.25, 0.3) is 0 Å². The van der Waals surface area contributed by atoms with E-state index in [1.54, 1.807) is 15.8 Å². The number of amides is 2. The van der Waals surface area contributed by atoms with Gasteiger partial charge in [0.25, 0.3) is 0 Å². The van der Waals surface area contributed by atoms with Crippen LogP contribution in [0.2, 0.25) is 0 Å². The molecule has 3 rings (SSSR count). The molecule has 0 aliphatic carbocycles. The largest absolute Gasteiger partial charge is 0.331 e. The van der Waals surface area contributed by atoms with Gasteiger partial charge in [0.1, 0.15) is 0 Å². The predicted molar refractivity (Wildman–Crippen MR) is 100.0 cm³/mol. The van der Waals surface area contributed by atoms with Crippen LogP contribution in [-0.2, 0) is 7.05 Å². The summed E-state index contributed by atoms with van der Waals surface area (Å²) in [7, 11) is 1.89. The topological polar surface area (TPSA) is 67.2 Å². The van der Waals surface area contributed by atoms with Crippen molar-refractivity contribution in [3.63, 3.8) is 0 Å². The molecule has 2 heterocycles. The monoisotopic (exact) mass is 354 g/mol. The molecule has 1 atom stereocenters. The summed E-state index contributed by atoms with van der Waals surface area (Å²) in [5.41, 5.74) is 2.83. The first-order valence-electron chi connectivity index (χ1n) is 9.10. The molecule has 1 fully saturated rings. The molecule has 1 aromatic heterocycles. The number of piperidine rings is 1. The van der Waals surface area contributed by atoms with Crippen LogP contribution < -0.4 is 5.32 Å². The van der Waals surface area contributed by atoms with Gasteiger partial charge in [-0.1, -0.05) is 30.3 Å². The van der Waals surface area contributed by atoms with Gasteiger partial charge in [-0.25, -0.2) is 4.79 Å². The molecule has 1 aromatic carbocycles. The molecule has 6 nitrogen and oxygen atoms in total. The summed E-state index contributed by atoms with van der Waals surface area (Å²) in [5.74, 6) is 0.185. The van der Waals surface area contributed by atoms with E-state index in [4.69, 9.17) is 0 Å². The lowest BCUT2D eigenvalue weighted by molar-refractivity contribution is 0.0853. The third-order valence-electron chi connectivity index (χ3n) is 5.29. The van der Waals surface area contributed by atoms with Crippen molar-refractivity contribution in [1.29, 1.82) is 0 Å². The molecule has 1 aliphatic rings. The quantitative estimate of drug-likeness (QED) is 0.858. The maximum atomic E-state index is 12.6. The Hall–Kier alpha value is -2.63. The minimum absolute atomic E-state index is 0.000517. The molecule has 1 saturated heterocycles. The maximum Gasteiger partial charge on any atom is 0.317 e. The smallest absolute Gasteiger partial charge is 0.317 e. The van der Waals surface area contributed by atoms with E-state index in [1.807, 2.05) is 51.2 Å². The van der Waals surface area contributed by atoms with Crippen molar-refractivity contribution >= 4 is 11.8 Å². The van der Waals surface area contributed by atoms with Crippen molar-refractivity contribution in [1.82, 2.24) is 20.0 Å². The van der Waals surface area contributed by atoms with Gasteiger partial charge in [0, 0.05) is 42.9 Å². The number of Topliss-reactive ketones (excluding diaryl/α,β-unsaturated/α-hetero) is 1. The minimum atomic E-state index is -0.0973. The highest BCUT2D eigenvalue weighted by molar-refractivity contribution is 5.98. The summed E-state index contributed by atoms with van der Waals surface area (Å²) < 4.78 is 1.80. The lowest BCUT2D eigenvalue weighted by Gasteiger charge is -2.32. The molecule has 0 radical (unpaired) electrons. The predicted octanol–water partition coefficient (Wildman–Crippen LogP) is 3.09. The van der Waals surface area contributed by atoms with Crippen molar-refractivity contribution in [2.45, 2.75) is 32.7 Å². The molecular formula is C20H26N4O2. The molecule has 1 N–H and O–H groups in total. The molecule has 0 spiro atoms. The van der Waals surface area contributed by atoms with Crippen molar-refractivity contribution < 1.29 is 9.59 Å². The van der Waals surface area contributed by atoms with E-state index in [-0.39, 0.29) is 23.8 Å². The Kier molecular flexibility index (Phi) is 5.40. The molecule has 138 valence electrons. The van der Waals surface area contributed by atoms with Crippen LogP contribution in [0, 0.1) is 12.8 Å². The first-order chi connectivity index (χ1) is 12.5. The summed E-state index contributed by atoms with van der Waals surface area (Å²) in [6.45, 7) is 5.17. The number of carbonyl (C=O) groups excluding carboxylic acids is 2. The number of likely N-dealkylation sites (tertiary alicyclic amines) is 1. The molecular weight excluding hydrogens is 328 g/mol. The first kappa shape index (κ1) is 18.2. The highest BCUT2D eigenvalue weighted by atomic mass is 16.2. The molecule has 0 saturated carbocycles. The van der Waals surface area contributed by atoms with Gasteiger partial charge in [-0.3, -0.25) is 9.48 Å². The van der Waals surface area contributed by atoms with Gasteiger partial charge in [0.2, 0.25) is 0 Å². The zero-order valence-corrected chi connectivity index (χ0v) is 15.6. The standard InChI is InChI=1S/C20H26N4O2/c1-14(18-13-21-23(3)15(18)2)22-20(26)24-11-9-17(10-12-24)19(25)16-7-5-4-6-8-16/h4-8,13-14,17H,9-12H2,1-3H3,(H,22,26)/t14-/m1/s1. The maximum absolute atomic E-state index is 12.6. The van der Waals surface area contributed by atoms with E-state index < -0.39 is 0 Å². The Morgan fingerprint density at radius 3 is 2.42 bits per heavy atom. The molecule has 2 aromatic rings. The second-order valence-corrected chi connectivity index (χ2v) is 6.97. The van der Waals surface area contributed by atoms with Gasteiger partial charge >= 0.3 is 6.03 Å². The average molecular weight is 354 g/mol. The Bertz CT molecular complexity index is 776. The second kappa shape index (κ2) is 7.72. The van der Waals surface area contributed by atoms with Crippen LogP contribution in [0.4, 0.5) is 4.79 Å². The number of nitrogens with zero attached hydrogens (tertiary/aromatic N) is 3. The van der Waals surface area contributed by atoms with Gasteiger partial charge in [0.05, 0.1) is 12.2 Å². The number of aromatic nitrogens is 2. The zero-order chi connectivity index (χ0) is 18.7. The van der Waals surface area contributed by atoms with E-state index in [1.165, 1.54) is 0 Å². The fourth-order valence-corrected chi connectivity index (χ4v) is 3.48. The first-order valence-corrected chi connectivity index (χ1v) is 9.10. The molecule has 2 amide bonds. The number of hydrogen-bond donors (Lipinski definition) is 1. The Morgan fingerprint density at radius 1 is 1.19 bits per heavy atom. The van der Waals surface area contributed by atoms with Crippen LogP contribution in [0.5, 0.6) is 0 Å². The van der Waals surface area contributed by atoms with Crippen LogP contribution in [-0.4, -0.2) is 39.6 Å². The van der Waals surface area contributed by atoms with Gasteiger partial charge in [-0.2, -0.15) is 5.10 Å². The summed E-state index contributed by atoms with van der Waals surface area (Å²) in [5, 5.41) is 7.27. The third kappa shape index (κ3) is 3.79. The summed E-state index contributed by atoms with van der Waals surface area (Å²) in [6, 6.07) is 9.23. The normalized spacial score (nSPS) is 16.3. The highest BCUT2D eigenvalue weighted by Gasteiger charge is 2.28. The van der Waals surface area contributed by atoms with Crippen molar-refractivity contribution in [3.8, 4) is 0 Å². The number of aryl methyl sites for hydroxylation is 1. The van der Waals surface area contributed by atoms with Crippen LogP contribution >= 0.6 is 0 Å². The number of nitrogens with one attached hydrogen (secondary N) is 1. The summed E-state index contributed by atoms with van der Waals surface area (Å²) >= 11 is 0. The molecule has 1 aliphatic heterocycles. The van der Waals surface area contributed by atoms with E-state index >= 15 is 0 Å². The molecule has 26 heavy (non-hydrogen) atoms. The van der Waals surface area contributed by atoms with Crippen LogP contribution in [0.15, 0.2) is 36.5 Å². The zero-order valence-electron chi connectivity index (χ0n) is 15.6. The number of urea groups is 1. The van der Waals surface area contributed by atoms with Crippen molar-refractivity contribution in [2.75, 3.05) is 13.1 Å². The van der Waals surface area contributed by atoms with Crippen LogP contribution in [0.1, 0.15) is 47.4 Å². The lowest BCUT2D eigenvalue weighted by atomic mass is 9.89. The average Bonchev–Trinajstić information content (AvgIpc) is 3.01. The fraction of sp³-hybridized carbons (Fsp3) is 0.450. The van der Waals surface area contributed by atoms with E-state index in [0.29, 0.717) is 25.9 Å². The Morgan fingerprint density at radius 2 is 1.85 bits per heavy atom. The molecule has 0 unspecified atom stereocenters. The van der Waals surface area contributed by atoms with E-state index in [9.17, 15) is 9.59 Å². The van der Waals surface area contributed by atoms with Gasteiger partial charge < -0.3 is 10.2 Å². The Balaban J connectivity index is 1.53. The summed E-state index contributed by atoms with van der Waals surface area (Å²) in [4.78, 5) is 26.9. The fourth-order valence-electron chi connectivity index (χ4n) is 3.48. The van der Waals surface area contributed by atoms with E-state index in [2.05, 4.69) is 10.4 Å².